The SMILES string of the molecule is CS(=O)(=O)c1ccc(Br)cc1CCN. The van der Waals surface area contributed by atoms with E-state index in [1.807, 2.05) is 0 Å². The van der Waals surface area contributed by atoms with E-state index in [0.717, 1.165) is 10.0 Å². The topological polar surface area (TPSA) is 60.2 Å². The average molecular weight is 278 g/mol. The third-order valence-electron chi connectivity index (χ3n) is 1.84. The van der Waals surface area contributed by atoms with Crippen LogP contribution in [0.1, 0.15) is 5.56 Å². The fourth-order valence-corrected chi connectivity index (χ4v) is 2.62. The minimum Gasteiger partial charge on any atom is -0.330 e. The molecule has 0 saturated heterocycles. The number of benzene rings is 1. The highest BCUT2D eigenvalue weighted by molar-refractivity contribution is 9.10. The molecule has 3 nitrogen and oxygen atoms in total. The Kier molecular flexibility index (Phi) is 3.69. The summed E-state index contributed by atoms with van der Waals surface area (Å²) in [6.07, 6.45) is 1.78. The maximum absolute atomic E-state index is 11.4. The van der Waals surface area contributed by atoms with Gasteiger partial charge in [-0.25, -0.2) is 8.42 Å². The second-order valence-corrected chi connectivity index (χ2v) is 5.96. The molecule has 0 atom stereocenters. The second-order valence-electron chi connectivity index (χ2n) is 3.06. The molecule has 1 rings (SSSR count). The first-order valence-corrected chi connectivity index (χ1v) is 6.82. The summed E-state index contributed by atoms with van der Waals surface area (Å²) < 4.78 is 23.6. The monoisotopic (exact) mass is 277 g/mol. The minimum absolute atomic E-state index is 0.367. The van der Waals surface area contributed by atoms with Crippen LogP contribution in [-0.4, -0.2) is 21.2 Å². The van der Waals surface area contributed by atoms with Gasteiger partial charge in [-0.2, -0.15) is 0 Å². The largest absolute Gasteiger partial charge is 0.330 e. The number of rotatable bonds is 3. The Hall–Kier alpha value is -0.390. The molecule has 0 unspecified atom stereocenters. The molecule has 0 aromatic heterocycles. The number of halogens is 1. The van der Waals surface area contributed by atoms with Gasteiger partial charge in [0, 0.05) is 10.7 Å². The molecule has 14 heavy (non-hydrogen) atoms. The van der Waals surface area contributed by atoms with Crippen molar-refractivity contribution in [2.45, 2.75) is 11.3 Å². The van der Waals surface area contributed by atoms with Crippen LogP contribution in [0, 0.1) is 0 Å². The molecule has 0 saturated carbocycles. The van der Waals surface area contributed by atoms with E-state index >= 15 is 0 Å². The van der Waals surface area contributed by atoms with E-state index in [1.54, 1.807) is 18.2 Å². The Morgan fingerprint density at radius 1 is 1.43 bits per heavy atom. The van der Waals surface area contributed by atoms with Gasteiger partial charge in [0.2, 0.25) is 0 Å². The first kappa shape index (κ1) is 11.7. The lowest BCUT2D eigenvalue weighted by Crippen LogP contribution is -2.08. The van der Waals surface area contributed by atoms with Crippen LogP contribution in [0.4, 0.5) is 0 Å². The van der Waals surface area contributed by atoms with Gasteiger partial charge >= 0.3 is 0 Å². The highest BCUT2D eigenvalue weighted by atomic mass is 79.9. The summed E-state index contributed by atoms with van der Waals surface area (Å²) in [5.41, 5.74) is 6.18. The van der Waals surface area contributed by atoms with Crippen LogP contribution >= 0.6 is 15.9 Å². The van der Waals surface area contributed by atoms with Crippen molar-refractivity contribution in [2.75, 3.05) is 12.8 Å². The van der Waals surface area contributed by atoms with Crippen molar-refractivity contribution >= 4 is 25.8 Å². The fourth-order valence-electron chi connectivity index (χ4n) is 1.26. The highest BCUT2D eigenvalue weighted by Gasteiger charge is 2.12. The van der Waals surface area contributed by atoms with Crippen LogP contribution in [0.5, 0.6) is 0 Å². The van der Waals surface area contributed by atoms with Crippen LogP contribution in [0.2, 0.25) is 0 Å². The summed E-state index contributed by atoms with van der Waals surface area (Å²) in [4.78, 5) is 0.367. The van der Waals surface area contributed by atoms with Crippen LogP contribution in [0.3, 0.4) is 0 Å². The van der Waals surface area contributed by atoms with Crippen LogP contribution < -0.4 is 5.73 Å². The first-order valence-electron chi connectivity index (χ1n) is 4.13. The quantitative estimate of drug-likeness (QED) is 0.908. The normalized spacial score (nSPS) is 11.6. The molecular weight excluding hydrogens is 266 g/mol. The molecule has 0 aliphatic rings. The summed E-state index contributed by atoms with van der Waals surface area (Å²) in [6, 6.07) is 5.12. The fraction of sp³-hybridized carbons (Fsp3) is 0.333. The van der Waals surface area contributed by atoms with E-state index in [0.29, 0.717) is 17.9 Å². The molecule has 2 N–H and O–H groups in total. The number of nitrogens with two attached hydrogens (primary N) is 1. The lowest BCUT2D eigenvalue weighted by molar-refractivity contribution is 0.600. The van der Waals surface area contributed by atoms with E-state index < -0.39 is 9.84 Å². The van der Waals surface area contributed by atoms with Crippen LogP contribution in [-0.2, 0) is 16.3 Å². The van der Waals surface area contributed by atoms with Crippen molar-refractivity contribution in [3.05, 3.63) is 28.2 Å². The minimum atomic E-state index is -3.15. The van der Waals surface area contributed by atoms with Crippen molar-refractivity contribution in [1.29, 1.82) is 0 Å². The third-order valence-corrected chi connectivity index (χ3v) is 3.53. The molecule has 1 aromatic carbocycles. The molecule has 0 radical (unpaired) electrons. The maximum Gasteiger partial charge on any atom is 0.175 e. The molecule has 0 bridgehead atoms. The van der Waals surface area contributed by atoms with Gasteiger partial charge in [-0.3, -0.25) is 0 Å². The lowest BCUT2D eigenvalue weighted by Gasteiger charge is -2.06. The number of sulfone groups is 1. The van der Waals surface area contributed by atoms with Gasteiger partial charge in [-0.05, 0) is 36.7 Å². The Morgan fingerprint density at radius 3 is 2.57 bits per heavy atom. The van der Waals surface area contributed by atoms with Crippen molar-refractivity contribution < 1.29 is 8.42 Å². The zero-order chi connectivity index (χ0) is 10.8. The van der Waals surface area contributed by atoms with E-state index in [4.69, 9.17) is 5.73 Å². The van der Waals surface area contributed by atoms with E-state index in [2.05, 4.69) is 15.9 Å². The molecule has 0 spiro atoms. The van der Waals surface area contributed by atoms with Crippen LogP contribution in [0.25, 0.3) is 0 Å². The molecule has 0 aliphatic heterocycles. The Bertz CT molecular complexity index is 428. The molecular formula is C9H12BrNO2S. The highest BCUT2D eigenvalue weighted by Crippen LogP contribution is 2.20. The molecule has 5 heteroatoms. The zero-order valence-corrected chi connectivity index (χ0v) is 10.2. The van der Waals surface area contributed by atoms with E-state index in [-0.39, 0.29) is 0 Å². The van der Waals surface area contributed by atoms with Gasteiger partial charge in [-0.1, -0.05) is 15.9 Å². The van der Waals surface area contributed by atoms with Gasteiger partial charge < -0.3 is 5.73 Å². The number of hydrogen-bond donors (Lipinski definition) is 1. The van der Waals surface area contributed by atoms with Crippen molar-refractivity contribution in [1.82, 2.24) is 0 Å². The predicted octanol–water partition coefficient (Wildman–Crippen LogP) is 1.35. The van der Waals surface area contributed by atoms with Crippen molar-refractivity contribution in [3.63, 3.8) is 0 Å². The zero-order valence-electron chi connectivity index (χ0n) is 7.83. The maximum atomic E-state index is 11.4. The Morgan fingerprint density at radius 2 is 2.07 bits per heavy atom. The average Bonchev–Trinajstić information content (AvgIpc) is 2.02. The number of hydrogen-bond acceptors (Lipinski definition) is 3. The molecule has 0 amide bonds. The summed E-state index contributed by atoms with van der Waals surface area (Å²) in [5, 5.41) is 0. The van der Waals surface area contributed by atoms with Crippen molar-refractivity contribution in [2.24, 2.45) is 5.73 Å². The molecule has 78 valence electrons. The lowest BCUT2D eigenvalue weighted by atomic mass is 10.1. The van der Waals surface area contributed by atoms with Gasteiger partial charge in [-0.15, -0.1) is 0 Å². The second kappa shape index (κ2) is 4.42. The predicted molar refractivity (Wildman–Crippen MR) is 60.0 cm³/mol. The summed E-state index contributed by atoms with van der Waals surface area (Å²) in [7, 11) is -3.15. The van der Waals surface area contributed by atoms with Gasteiger partial charge in [0.05, 0.1) is 4.90 Å². The Labute approximate surface area is 92.4 Å². The summed E-state index contributed by atoms with van der Waals surface area (Å²) >= 11 is 3.30. The van der Waals surface area contributed by atoms with E-state index in [9.17, 15) is 8.42 Å². The molecule has 0 fully saturated rings. The van der Waals surface area contributed by atoms with Gasteiger partial charge in [0.25, 0.3) is 0 Å². The van der Waals surface area contributed by atoms with Crippen molar-refractivity contribution in [3.8, 4) is 0 Å². The molecule has 0 heterocycles. The van der Waals surface area contributed by atoms with E-state index in [1.165, 1.54) is 6.26 Å². The third kappa shape index (κ3) is 2.80. The summed E-state index contributed by atoms with van der Waals surface area (Å²) in [6.45, 7) is 0.443. The smallest absolute Gasteiger partial charge is 0.175 e. The van der Waals surface area contributed by atoms with Gasteiger partial charge in [0.1, 0.15) is 0 Å². The van der Waals surface area contributed by atoms with Crippen LogP contribution in [0.15, 0.2) is 27.6 Å². The van der Waals surface area contributed by atoms with Gasteiger partial charge in [0.15, 0.2) is 9.84 Å². The Balaban J connectivity index is 3.29. The summed E-state index contributed by atoms with van der Waals surface area (Å²) in [5.74, 6) is 0. The molecule has 1 aromatic rings. The standard InChI is InChI=1S/C9H12BrNO2S/c1-14(12,13)9-3-2-8(10)6-7(9)4-5-11/h2-3,6H,4-5,11H2,1H3. The molecule has 0 aliphatic carbocycles. The first-order chi connectivity index (χ1) is 6.45.